The lowest BCUT2D eigenvalue weighted by atomic mass is 9.97. The molecule has 2 aromatic carbocycles. The lowest BCUT2D eigenvalue weighted by Gasteiger charge is -2.14. The van der Waals surface area contributed by atoms with Crippen molar-refractivity contribution in [2.24, 2.45) is 5.92 Å². The Bertz CT molecular complexity index is 1610. The number of pyridine rings is 1. The van der Waals surface area contributed by atoms with Gasteiger partial charge < -0.3 is 20.1 Å². The molecule has 5 aromatic rings. The molecule has 1 aliphatic carbocycles. The summed E-state index contributed by atoms with van der Waals surface area (Å²) in [5.41, 5.74) is 4.50. The number of aliphatic hydroxyl groups is 2. The van der Waals surface area contributed by atoms with E-state index in [9.17, 15) is 0 Å². The van der Waals surface area contributed by atoms with Gasteiger partial charge in [-0.25, -0.2) is 15.0 Å². The molecule has 3 N–H and O–H groups in total. The summed E-state index contributed by atoms with van der Waals surface area (Å²) >= 11 is 12.2. The summed E-state index contributed by atoms with van der Waals surface area (Å²) in [7, 11) is 0. The third-order valence-corrected chi connectivity index (χ3v) is 7.91. The van der Waals surface area contributed by atoms with E-state index in [0.717, 1.165) is 39.2 Å². The first-order valence-corrected chi connectivity index (χ1v) is 14.7. The van der Waals surface area contributed by atoms with Gasteiger partial charge in [0.25, 0.3) is 0 Å². The van der Waals surface area contributed by atoms with Gasteiger partial charge in [-0.3, -0.25) is 0 Å². The average molecular weight is 593 g/mol. The van der Waals surface area contributed by atoms with Crippen molar-refractivity contribution in [3.63, 3.8) is 0 Å². The van der Waals surface area contributed by atoms with Gasteiger partial charge in [-0.15, -0.1) is 0 Å². The highest BCUT2D eigenvalue weighted by atomic mass is 35.5. The van der Waals surface area contributed by atoms with Gasteiger partial charge in [0, 0.05) is 29.2 Å². The van der Waals surface area contributed by atoms with Crippen molar-refractivity contribution in [2.45, 2.75) is 64.3 Å². The topological polar surface area (TPSA) is 96.1 Å². The van der Waals surface area contributed by atoms with Crippen LogP contribution in [0.3, 0.4) is 0 Å². The summed E-state index contributed by atoms with van der Waals surface area (Å²) < 4.78 is 2.29. The molecule has 7 nitrogen and oxygen atoms in total. The normalized spacial score (nSPS) is 17.0. The highest BCUT2D eigenvalue weighted by molar-refractivity contribution is 6.33. The van der Waals surface area contributed by atoms with Crippen LogP contribution in [-0.4, -0.2) is 35.5 Å². The molecule has 0 saturated heterocycles. The minimum atomic E-state index is -1.50. The number of benzene rings is 2. The van der Waals surface area contributed by atoms with Crippen LogP contribution in [0.4, 0.5) is 5.82 Å². The molecule has 0 amide bonds. The van der Waals surface area contributed by atoms with E-state index in [4.69, 9.17) is 38.4 Å². The first-order valence-electron chi connectivity index (χ1n) is 13.9. The van der Waals surface area contributed by atoms with Crippen LogP contribution in [0.5, 0.6) is 0 Å². The maximum absolute atomic E-state index is 8.08. The van der Waals surface area contributed by atoms with Gasteiger partial charge in [-0.2, -0.15) is 0 Å². The molecule has 1 fully saturated rings. The standard InChI is InChI=1S/C29H27Cl2N5.C3H8O2/c30-23-9-4-21(5-10-23)17-32-27-12-8-22-7-3-20(16-26(22)35-27)2-1-19-6-11-24(15-19)36-14-13-25-28(31)33-18-34-29(25)36;1-3(2,4)5/h3-5,7-10,12-14,16,18-19,24H,1-2,6,11,15,17H2,(H,32,35);4-5H,1-2H3. The molecule has 9 heteroatoms. The van der Waals surface area contributed by atoms with E-state index in [0.29, 0.717) is 23.7 Å². The second kappa shape index (κ2) is 12.7. The van der Waals surface area contributed by atoms with Gasteiger partial charge in [0.15, 0.2) is 5.79 Å². The lowest BCUT2D eigenvalue weighted by Crippen LogP contribution is -2.15. The number of aromatic nitrogens is 4. The van der Waals surface area contributed by atoms with Crippen LogP contribution in [0.15, 0.2) is 73.2 Å². The molecule has 1 saturated carbocycles. The molecule has 6 rings (SSSR count). The monoisotopic (exact) mass is 591 g/mol. The molecule has 0 radical (unpaired) electrons. The number of hydrogen-bond acceptors (Lipinski definition) is 6. The molecule has 3 aromatic heterocycles. The molecule has 0 spiro atoms. The van der Waals surface area contributed by atoms with Crippen molar-refractivity contribution in [3.8, 4) is 0 Å². The van der Waals surface area contributed by atoms with Crippen molar-refractivity contribution < 1.29 is 10.2 Å². The summed E-state index contributed by atoms with van der Waals surface area (Å²) in [6.07, 6.45) is 9.52. The van der Waals surface area contributed by atoms with Crippen molar-refractivity contribution in [1.29, 1.82) is 0 Å². The molecule has 3 heterocycles. The average Bonchev–Trinajstić information content (AvgIpc) is 3.58. The van der Waals surface area contributed by atoms with E-state index in [1.165, 1.54) is 50.7 Å². The van der Waals surface area contributed by atoms with Gasteiger partial charge in [-0.1, -0.05) is 47.5 Å². The zero-order chi connectivity index (χ0) is 29.0. The Morgan fingerprint density at radius 2 is 1.68 bits per heavy atom. The number of rotatable bonds is 7. The molecule has 1 aliphatic rings. The lowest BCUT2D eigenvalue weighted by molar-refractivity contribution is -0.127. The highest BCUT2D eigenvalue weighted by Crippen LogP contribution is 2.39. The van der Waals surface area contributed by atoms with Gasteiger partial charge in [0.1, 0.15) is 22.9 Å². The number of nitrogens with zero attached hydrogens (tertiary/aromatic N) is 4. The first-order chi connectivity index (χ1) is 19.6. The second-order valence-electron chi connectivity index (χ2n) is 11.2. The van der Waals surface area contributed by atoms with Crippen molar-refractivity contribution in [2.75, 3.05) is 5.32 Å². The molecule has 0 aliphatic heterocycles. The van der Waals surface area contributed by atoms with E-state index < -0.39 is 5.79 Å². The fourth-order valence-electron chi connectivity index (χ4n) is 5.38. The summed E-state index contributed by atoms with van der Waals surface area (Å²) in [5.74, 6) is 0.0943. The maximum Gasteiger partial charge on any atom is 0.156 e. The Hall–Kier alpha value is -3.23. The Balaban J connectivity index is 0.000000623. The predicted molar refractivity (Wildman–Crippen MR) is 166 cm³/mol. The van der Waals surface area contributed by atoms with Crippen LogP contribution in [-0.2, 0) is 13.0 Å². The Labute approximate surface area is 250 Å². The zero-order valence-corrected chi connectivity index (χ0v) is 24.8. The molecule has 41 heavy (non-hydrogen) atoms. The number of halogens is 2. The Morgan fingerprint density at radius 3 is 2.46 bits per heavy atom. The smallest absolute Gasteiger partial charge is 0.156 e. The molecular formula is C32H35Cl2N5O2. The van der Waals surface area contributed by atoms with Crippen molar-refractivity contribution >= 4 is 51.0 Å². The van der Waals surface area contributed by atoms with Crippen molar-refractivity contribution in [1.82, 2.24) is 19.5 Å². The molecule has 214 valence electrons. The van der Waals surface area contributed by atoms with Crippen LogP contribution in [0.2, 0.25) is 10.2 Å². The van der Waals surface area contributed by atoms with Gasteiger partial charge in [0.05, 0.1) is 10.9 Å². The predicted octanol–water partition coefficient (Wildman–Crippen LogP) is 7.58. The fraction of sp³-hybridized carbons (Fsp3) is 0.344. The van der Waals surface area contributed by atoms with E-state index in [1.54, 1.807) is 6.33 Å². The molecular weight excluding hydrogens is 557 g/mol. The van der Waals surface area contributed by atoms with E-state index in [-0.39, 0.29) is 0 Å². The molecule has 2 atom stereocenters. The first kappa shape index (κ1) is 29.3. The van der Waals surface area contributed by atoms with E-state index in [2.05, 4.69) is 50.3 Å². The van der Waals surface area contributed by atoms with Crippen LogP contribution in [0.1, 0.15) is 56.7 Å². The third kappa shape index (κ3) is 7.95. The Morgan fingerprint density at radius 1 is 0.951 bits per heavy atom. The minimum Gasteiger partial charge on any atom is -0.366 e. The number of fused-ring (bicyclic) bond motifs is 2. The van der Waals surface area contributed by atoms with Gasteiger partial charge in [-0.05, 0) is 99.4 Å². The third-order valence-electron chi connectivity index (χ3n) is 7.35. The molecule has 2 unspecified atom stereocenters. The van der Waals surface area contributed by atoms with Crippen LogP contribution >= 0.6 is 23.2 Å². The molecule has 0 bridgehead atoms. The van der Waals surface area contributed by atoms with Crippen molar-refractivity contribution in [3.05, 3.63) is 94.5 Å². The van der Waals surface area contributed by atoms with Crippen LogP contribution < -0.4 is 5.32 Å². The summed E-state index contributed by atoms with van der Waals surface area (Å²) in [4.78, 5) is 13.5. The minimum absolute atomic E-state index is 0.478. The quantitative estimate of drug-likeness (QED) is 0.133. The second-order valence-corrected chi connectivity index (χ2v) is 12.0. The number of aryl methyl sites for hydroxylation is 1. The van der Waals surface area contributed by atoms with Gasteiger partial charge in [0.2, 0.25) is 0 Å². The largest absolute Gasteiger partial charge is 0.366 e. The van der Waals surface area contributed by atoms with Crippen LogP contribution in [0, 0.1) is 5.92 Å². The number of anilines is 1. The zero-order valence-electron chi connectivity index (χ0n) is 23.3. The highest BCUT2D eigenvalue weighted by Gasteiger charge is 2.27. The van der Waals surface area contributed by atoms with E-state index >= 15 is 0 Å². The number of nitrogens with one attached hydrogen (secondary N) is 1. The maximum atomic E-state index is 8.08. The Kier molecular flexibility index (Phi) is 9.09. The van der Waals surface area contributed by atoms with Crippen LogP contribution in [0.25, 0.3) is 21.9 Å². The fourth-order valence-corrected chi connectivity index (χ4v) is 5.70. The summed E-state index contributed by atoms with van der Waals surface area (Å²) in [6, 6.07) is 21.3. The van der Waals surface area contributed by atoms with Gasteiger partial charge >= 0.3 is 0 Å². The SMILES string of the molecule is CC(C)(O)O.Clc1ccc(CNc2ccc3ccc(CCC4CCC(n5ccc6c(Cl)ncnc65)C4)cc3n2)cc1. The summed E-state index contributed by atoms with van der Waals surface area (Å²) in [5, 5.41) is 23.0. The summed E-state index contributed by atoms with van der Waals surface area (Å²) in [6.45, 7) is 3.31. The number of hydrogen-bond donors (Lipinski definition) is 3. The van der Waals surface area contributed by atoms with E-state index in [1.807, 2.05) is 36.4 Å².